The number of rotatable bonds is 8. The lowest BCUT2D eigenvalue weighted by Gasteiger charge is -2.14. The van der Waals surface area contributed by atoms with Crippen molar-refractivity contribution in [1.29, 1.82) is 0 Å². The first kappa shape index (κ1) is 24.1. The highest BCUT2D eigenvalue weighted by Crippen LogP contribution is 2.17. The van der Waals surface area contributed by atoms with Gasteiger partial charge in [-0.25, -0.2) is 4.98 Å². The zero-order valence-electron chi connectivity index (χ0n) is 17.0. The van der Waals surface area contributed by atoms with E-state index in [0.717, 1.165) is 0 Å². The highest BCUT2D eigenvalue weighted by atomic mass is 32.2. The summed E-state index contributed by atoms with van der Waals surface area (Å²) in [5.74, 6) is -0.651. The fraction of sp³-hybridized carbons (Fsp3) is 0.316. The fourth-order valence-corrected chi connectivity index (χ4v) is 3.26. The molecule has 11 nitrogen and oxygen atoms in total. The molecular weight excluding hydrogens is 424 g/mol. The maximum Gasteiger partial charge on any atom is 0.294 e. The zero-order chi connectivity index (χ0) is 23.0. The van der Waals surface area contributed by atoms with Crippen LogP contribution in [0.15, 0.2) is 57.7 Å². The molecule has 12 heteroatoms. The molecule has 0 aliphatic rings. The Labute approximate surface area is 179 Å². The van der Waals surface area contributed by atoms with Crippen LogP contribution >= 0.6 is 0 Å². The topological polar surface area (TPSA) is 176 Å². The minimum Gasteiger partial charge on any atom is -0.320 e. The van der Waals surface area contributed by atoms with Crippen molar-refractivity contribution in [3.63, 3.8) is 0 Å². The number of nitrogens with zero attached hydrogens (tertiary/aromatic N) is 3. The van der Waals surface area contributed by atoms with E-state index >= 15 is 0 Å². The van der Waals surface area contributed by atoms with Crippen molar-refractivity contribution in [2.24, 2.45) is 21.9 Å². The van der Waals surface area contributed by atoms with Gasteiger partial charge in [0.15, 0.2) is 5.82 Å². The molecule has 0 saturated heterocycles. The van der Waals surface area contributed by atoms with Crippen molar-refractivity contribution >= 4 is 27.8 Å². The number of azo groups is 1. The van der Waals surface area contributed by atoms with Crippen LogP contribution < -0.4 is 16.6 Å². The van der Waals surface area contributed by atoms with Gasteiger partial charge in [-0.3, -0.25) is 25.0 Å². The van der Waals surface area contributed by atoms with E-state index in [0.29, 0.717) is 6.42 Å². The van der Waals surface area contributed by atoms with Crippen LogP contribution in [0.25, 0.3) is 0 Å². The Morgan fingerprint density at radius 2 is 1.87 bits per heavy atom. The van der Waals surface area contributed by atoms with E-state index in [1.807, 2.05) is 13.8 Å². The van der Waals surface area contributed by atoms with Crippen molar-refractivity contribution in [3.05, 3.63) is 53.7 Å². The van der Waals surface area contributed by atoms with Gasteiger partial charge in [-0.2, -0.15) is 13.5 Å². The summed E-state index contributed by atoms with van der Waals surface area (Å²) in [4.78, 5) is 27.7. The standard InChI is InChI=1S/C19H24N6O5S/c1-12(2)9-15(20)19(27)25-24-18(26)14-7-8-17(21-10-14)23-22-11-13-5-3-4-6-16(13)31(28,29)30/h3-8,10,12,15H,9,11,20H2,1-2H3,(H,24,26)(H,25,27)(H,28,29,30)/t15-/m0/s1. The van der Waals surface area contributed by atoms with Gasteiger partial charge >= 0.3 is 0 Å². The van der Waals surface area contributed by atoms with Crippen molar-refractivity contribution in [1.82, 2.24) is 15.8 Å². The van der Waals surface area contributed by atoms with Crippen LogP contribution in [-0.4, -0.2) is 35.8 Å². The van der Waals surface area contributed by atoms with E-state index in [4.69, 9.17) is 5.73 Å². The largest absolute Gasteiger partial charge is 0.320 e. The van der Waals surface area contributed by atoms with Gasteiger partial charge in [-0.05, 0) is 36.1 Å². The minimum atomic E-state index is -4.37. The number of carbonyl (C=O) groups excluding carboxylic acids is 2. The van der Waals surface area contributed by atoms with E-state index in [2.05, 4.69) is 26.1 Å². The van der Waals surface area contributed by atoms with Gasteiger partial charge in [-0.15, -0.1) is 5.11 Å². The SMILES string of the molecule is CC(C)C[C@H](N)C(=O)NNC(=O)c1ccc(N=NCc2ccccc2S(=O)(=O)O)nc1. The summed E-state index contributed by atoms with van der Waals surface area (Å²) < 4.78 is 32.0. The second kappa shape index (κ2) is 10.7. The summed E-state index contributed by atoms with van der Waals surface area (Å²) in [5.41, 5.74) is 10.7. The number of pyridine rings is 1. The lowest BCUT2D eigenvalue weighted by atomic mass is 10.0. The molecule has 0 saturated carbocycles. The fourth-order valence-electron chi connectivity index (χ4n) is 2.55. The summed E-state index contributed by atoms with van der Waals surface area (Å²) >= 11 is 0. The number of nitrogens with two attached hydrogens (primary N) is 1. The van der Waals surface area contributed by atoms with E-state index in [9.17, 15) is 22.6 Å². The van der Waals surface area contributed by atoms with Gasteiger partial charge in [-0.1, -0.05) is 32.0 Å². The molecule has 0 spiro atoms. The molecule has 0 aliphatic heterocycles. The minimum absolute atomic E-state index is 0.0947. The van der Waals surface area contributed by atoms with E-state index in [1.165, 1.54) is 36.5 Å². The molecular formula is C19H24N6O5S. The molecule has 166 valence electrons. The third kappa shape index (κ3) is 7.51. The highest BCUT2D eigenvalue weighted by Gasteiger charge is 2.16. The van der Waals surface area contributed by atoms with Crippen LogP contribution in [0, 0.1) is 5.92 Å². The highest BCUT2D eigenvalue weighted by molar-refractivity contribution is 7.85. The maximum absolute atomic E-state index is 12.1. The summed E-state index contributed by atoms with van der Waals surface area (Å²) in [7, 11) is -4.37. The molecule has 0 radical (unpaired) electrons. The molecule has 1 aromatic heterocycles. The number of hydrazine groups is 1. The first-order valence-corrected chi connectivity index (χ1v) is 10.8. The molecule has 2 amide bonds. The second-order valence-corrected chi connectivity index (χ2v) is 8.46. The smallest absolute Gasteiger partial charge is 0.294 e. The molecule has 1 heterocycles. The molecule has 0 aliphatic carbocycles. The number of carbonyl (C=O) groups is 2. The summed E-state index contributed by atoms with van der Waals surface area (Å²) in [6, 6.07) is 8.00. The lowest BCUT2D eigenvalue weighted by molar-refractivity contribution is -0.123. The van der Waals surface area contributed by atoms with Crippen LogP contribution in [0.2, 0.25) is 0 Å². The van der Waals surface area contributed by atoms with E-state index in [1.54, 1.807) is 6.07 Å². The normalized spacial score (nSPS) is 12.7. The molecule has 5 N–H and O–H groups in total. The first-order chi connectivity index (χ1) is 14.6. The molecule has 2 rings (SSSR count). The molecule has 0 fully saturated rings. The Bertz CT molecular complexity index is 1050. The van der Waals surface area contributed by atoms with Gasteiger partial charge in [0.2, 0.25) is 0 Å². The maximum atomic E-state index is 12.1. The van der Waals surface area contributed by atoms with Crippen molar-refractivity contribution in [2.45, 2.75) is 37.8 Å². The summed E-state index contributed by atoms with van der Waals surface area (Å²) in [6.07, 6.45) is 1.73. The van der Waals surface area contributed by atoms with E-state index in [-0.39, 0.29) is 34.3 Å². The van der Waals surface area contributed by atoms with Crippen molar-refractivity contribution in [2.75, 3.05) is 0 Å². The third-order valence-corrected chi connectivity index (χ3v) is 4.99. The van der Waals surface area contributed by atoms with Crippen molar-refractivity contribution < 1.29 is 22.6 Å². The summed E-state index contributed by atoms with van der Waals surface area (Å²) in [5, 5.41) is 7.75. The number of hydrogen-bond donors (Lipinski definition) is 4. The third-order valence-electron chi connectivity index (χ3n) is 4.04. The first-order valence-electron chi connectivity index (χ1n) is 9.32. The van der Waals surface area contributed by atoms with Crippen LogP contribution in [0.4, 0.5) is 5.82 Å². The van der Waals surface area contributed by atoms with Gasteiger partial charge in [0.05, 0.1) is 23.0 Å². The Balaban J connectivity index is 1.94. The van der Waals surface area contributed by atoms with Gasteiger partial charge in [0.25, 0.3) is 21.9 Å². The summed E-state index contributed by atoms with van der Waals surface area (Å²) in [6.45, 7) is 3.77. The Hall–Kier alpha value is -3.22. The van der Waals surface area contributed by atoms with Gasteiger partial charge in [0, 0.05) is 6.20 Å². The van der Waals surface area contributed by atoms with Gasteiger partial charge in [0.1, 0.15) is 0 Å². The Kier molecular flexibility index (Phi) is 8.30. The van der Waals surface area contributed by atoms with Crippen LogP contribution in [0.1, 0.15) is 36.2 Å². The van der Waals surface area contributed by atoms with Crippen LogP contribution in [0.3, 0.4) is 0 Å². The molecule has 0 unspecified atom stereocenters. The number of amides is 2. The van der Waals surface area contributed by atoms with Crippen LogP contribution in [0.5, 0.6) is 0 Å². The second-order valence-electron chi connectivity index (χ2n) is 7.07. The average molecular weight is 449 g/mol. The Morgan fingerprint density at radius 3 is 2.48 bits per heavy atom. The number of nitrogens with one attached hydrogen (secondary N) is 2. The lowest BCUT2D eigenvalue weighted by Crippen LogP contribution is -2.49. The number of benzene rings is 1. The van der Waals surface area contributed by atoms with Crippen LogP contribution in [-0.2, 0) is 21.5 Å². The molecule has 1 atom stereocenters. The zero-order valence-corrected chi connectivity index (χ0v) is 17.8. The number of hydrogen-bond acceptors (Lipinski definition) is 8. The molecule has 0 bridgehead atoms. The van der Waals surface area contributed by atoms with E-state index < -0.39 is 28.0 Å². The van der Waals surface area contributed by atoms with Gasteiger partial charge < -0.3 is 5.73 Å². The molecule has 31 heavy (non-hydrogen) atoms. The molecule has 2 aromatic rings. The predicted molar refractivity (Wildman–Crippen MR) is 112 cm³/mol. The quantitative estimate of drug-likeness (QED) is 0.270. The monoisotopic (exact) mass is 448 g/mol. The molecule has 1 aromatic carbocycles. The predicted octanol–water partition coefficient (Wildman–Crippen LogP) is 1.75. The Morgan fingerprint density at radius 1 is 1.16 bits per heavy atom. The number of aromatic nitrogens is 1. The average Bonchev–Trinajstić information content (AvgIpc) is 2.71. The van der Waals surface area contributed by atoms with Crippen molar-refractivity contribution in [3.8, 4) is 0 Å².